The van der Waals surface area contributed by atoms with Gasteiger partial charge in [-0.05, 0) is 12.8 Å². The zero-order valence-corrected chi connectivity index (χ0v) is 15.1. The summed E-state index contributed by atoms with van der Waals surface area (Å²) in [5, 5.41) is 33.8. The molecule has 0 saturated heterocycles. The average molecular weight is 376 g/mol. The first-order chi connectivity index (χ1) is 12.1. The van der Waals surface area contributed by atoms with E-state index >= 15 is 0 Å². The Morgan fingerprint density at radius 2 is 1.31 bits per heavy atom. The number of amides is 3. The van der Waals surface area contributed by atoms with E-state index in [4.69, 9.17) is 10.8 Å². The van der Waals surface area contributed by atoms with Crippen LogP contribution in [0, 0.1) is 5.92 Å². The summed E-state index contributed by atoms with van der Waals surface area (Å²) in [6, 6.07) is -4.93. The van der Waals surface area contributed by atoms with Gasteiger partial charge in [-0.15, -0.1) is 0 Å². The number of rotatable bonds is 11. The summed E-state index contributed by atoms with van der Waals surface area (Å²) in [5.41, 5.74) is 5.75. The van der Waals surface area contributed by atoms with E-state index in [1.165, 1.54) is 6.92 Å². The maximum absolute atomic E-state index is 12.1. The fourth-order valence-electron chi connectivity index (χ4n) is 1.82. The van der Waals surface area contributed by atoms with Crippen LogP contribution in [0.5, 0.6) is 0 Å². The Labute approximate surface area is 151 Å². The Balaban J connectivity index is 4.87. The predicted molar refractivity (Wildman–Crippen MR) is 90.7 cm³/mol. The maximum atomic E-state index is 12.1. The first-order valence-corrected chi connectivity index (χ1v) is 8.20. The Kier molecular flexibility index (Phi) is 10.4. The maximum Gasteiger partial charge on any atom is 0.325 e. The van der Waals surface area contributed by atoms with Crippen molar-refractivity contribution in [3.8, 4) is 0 Å². The van der Waals surface area contributed by atoms with Crippen molar-refractivity contribution in [2.45, 2.75) is 51.4 Å². The summed E-state index contributed by atoms with van der Waals surface area (Å²) < 4.78 is 0. The quantitative estimate of drug-likeness (QED) is 0.197. The Bertz CT molecular complexity index is 514. The van der Waals surface area contributed by atoms with Gasteiger partial charge in [0.05, 0.1) is 19.3 Å². The summed E-state index contributed by atoms with van der Waals surface area (Å²) in [6.45, 7) is 3.26. The van der Waals surface area contributed by atoms with Crippen LogP contribution in [0.25, 0.3) is 0 Å². The SMILES string of the molecule is CCC(C)C(N)C(=O)NC(CO)C(=O)NC(CO)C(=O)NC(C)C(=O)O. The number of carboxylic acids is 1. The van der Waals surface area contributed by atoms with E-state index in [0.717, 1.165) is 0 Å². The Morgan fingerprint density at radius 1 is 0.885 bits per heavy atom. The van der Waals surface area contributed by atoms with Gasteiger partial charge in [0.2, 0.25) is 17.7 Å². The van der Waals surface area contributed by atoms with E-state index in [0.29, 0.717) is 6.42 Å². The number of carboxylic acid groups (broad SMARTS) is 1. The summed E-state index contributed by atoms with van der Waals surface area (Å²) in [5.74, 6) is -3.92. The molecule has 0 aromatic rings. The molecule has 0 heterocycles. The van der Waals surface area contributed by atoms with E-state index in [1.807, 2.05) is 6.92 Å². The van der Waals surface area contributed by atoms with E-state index in [2.05, 4.69) is 16.0 Å². The van der Waals surface area contributed by atoms with Crippen LogP contribution in [0.2, 0.25) is 0 Å². The normalized spacial score (nSPS) is 16.5. The number of nitrogens with one attached hydrogen (secondary N) is 3. The molecule has 150 valence electrons. The molecule has 0 saturated carbocycles. The van der Waals surface area contributed by atoms with Crippen molar-refractivity contribution in [3.05, 3.63) is 0 Å². The number of carbonyl (C=O) groups is 4. The van der Waals surface area contributed by atoms with E-state index in [9.17, 15) is 29.4 Å². The molecule has 3 amide bonds. The van der Waals surface area contributed by atoms with Gasteiger partial charge in [-0.2, -0.15) is 0 Å². The van der Waals surface area contributed by atoms with Gasteiger partial charge in [0.25, 0.3) is 0 Å². The molecule has 0 aliphatic heterocycles. The topological polar surface area (TPSA) is 191 Å². The highest BCUT2D eigenvalue weighted by Gasteiger charge is 2.29. The van der Waals surface area contributed by atoms with Crippen molar-refractivity contribution in [2.75, 3.05) is 13.2 Å². The minimum atomic E-state index is -1.45. The summed E-state index contributed by atoms with van der Waals surface area (Å²) in [7, 11) is 0. The first-order valence-electron chi connectivity index (χ1n) is 8.20. The summed E-state index contributed by atoms with van der Waals surface area (Å²) in [4.78, 5) is 46.7. The fraction of sp³-hybridized carbons (Fsp3) is 0.733. The Hall–Kier alpha value is -2.24. The molecule has 0 rings (SSSR count). The highest BCUT2D eigenvalue weighted by Crippen LogP contribution is 2.05. The van der Waals surface area contributed by atoms with Crippen molar-refractivity contribution in [1.29, 1.82) is 0 Å². The van der Waals surface area contributed by atoms with Gasteiger partial charge in [-0.3, -0.25) is 19.2 Å². The molecule has 0 radical (unpaired) electrons. The van der Waals surface area contributed by atoms with Crippen LogP contribution in [0.4, 0.5) is 0 Å². The minimum absolute atomic E-state index is 0.147. The monoisotopic (exact) mass is 376 g/mol. The molecule has 8 N–H and O–H groups in total. The summed E-state index contributed by atoms with van der Waals surface area (Å²) in [6.07, 6.45) is 0.638. The zero-order valence-electron chi connectivity index (χ0n) is 15.1. The van der Waals surface area contributed by atoms with Crippen LogP contribution in [0.15, 0.2) is 0 Å². The first kappa shape index (κ1) is 23.8. The van der Waals surface area contributed by atoms with E-state index in [1.54, 1.807) is 6.92 Å². The van der Waals surface area contributed by atoms with Crippen molar-refractivity contribution in [2.24, 2.45) is 11.7 Å². The molecule has 0 fully saturated rings. The molecule has 5 unspecified atom stereocenters. The van der Waals surface area contributed by atoms with Crippen LogP contribution in [-0.2, 0) is 19.2 Å². The van der Waals surface area contributed by atoms with Crippen LogP contribution >= 0.6 is 0 Å². The third-order valence-corrected chi connectivity index (χ3v) is 3.92. The van der Waals surface area contributed by atoms with Gasteiger partial charge in [-0.25, -0.2) is 0 Å². The zero-order chi connectivity index (χ0) is 20.4. The lowest BCUT2D eigenvalue weighted by Gasteiger charge is -2.24. The number of aliphatic hydroxyl groups is 2. The molecule has 0 aromatic carbocycles. The molecule has 11 heteroatoms. The lowest BCUT2D eigenvalue weighted by Crippen LogP contribution is -2.59. The molecule has 0 bridgehead atoms. The predicted octanol–water partition coefficient (Wildman–Crippen LogP) is -3.10. The third kappa shape index (κ3) is 7.33. The highest BCUT2D eigenvalue weighted by atomic mass is 16.4. The van der Waals surface area contributed by atoms with Crippen molar-refractivity contribution >= 4 is 23.7 Å². The lowest BCUT2D eigenvalue weighted by atomic mass is 9.99. The molecular formula is C15H28N4O7. The van der Waals surface area contributed by atoms with Gasteiger partial charge in [0, 0.05) is 0 Å². The van der Waals surface area contributed by atoms with Crippen molar-refractivity contribution in [3.63, 3.8) is 0 Å². The lowest BCUT2D eigenvalue weighted by molar-refractivity contribution is -0.142. The van der Waals surface area contributed by atoms with Crippen LogP contribution < -0.4 is 21.7 Å². The number of hydrogen-bond donors (Lipinski definition) is 7. The average Bonchev–Trinajstić information content (AvgIpc) is 2.61. The molecule has 0 aliphatic rings. The van der Waals surface area contributed by atoms with Gasteiger partial charge in [0.1, 0.15) is 18.1 Å². The number of aliphatic hydroxyl groups excluding tert-OH is 2. The molecule has 11 nitrogen and oxygen atoms in total. The second-order valence-electron chi connectivity index (χ2n) is 5.97. The second-order valence-corrected chi connectivity index (χ2v) is 5.97. The van der Waals surface area contributed by atoms with E-state index in [-0.39, 0.29) is 5.92 Å². The second kappa shape index (κ2) is 11.4. The number of aliphatic carboxylic acids is 1. The van der Waals surface area contributed by atoms with Crippen LogP contribution in [-0.4, -0.2) is 76.4 Å². The molecule has 0 aromatic heterocycles. The number of nitrogens with two attached hydrogens (primary N) is 1. The van der Waals surface area contributed by atoms with Gasteiger partial charge in [0.15, 0.2) is 0 Å². The molecule has 0 spiro atoms. The minimum Gasteiger partial charge on any atom is -0.480 e. The van der Waals surface area contributed by atoms with E-state index < -0.39 is 61.1 Å². The number of hydrogen-bond acceptors (Lipinski definition) is 7. The largest absolute Gasteiger partial charge is 0.480 e. The molecule has 26 heavy (non-hydrogen) atoms. The van der Waals surface area contributed by atoms with Crippen molar-refractivity contribution in [1.82, 2.24) is 16.0 Å². The van der Waals surface area contributed by atoms with Gasteiger partial charge >= 0.3 is 5.97 Å². The summed E-state index contributed by atoms with van der Waals surface area (Å²) >= 11 is 0. The third-order valence-electron chi connectivity index (χ3n) is 3.92. The van der Waals surface area contributed by atoms with Crippen LogP contribution in [0.1, 0.15) is 27.2 Å². The number of carbonyl (C=O) groups excluding carboxylic acids is 3. The smallest absolute Gasteiger partial charge is 0.325 e. The molecule has 5 atom stereocenters. The van der Waals surface area contributed by atoms with Crippen molar-refractivity contribution < 1.29 is 34.5 Å². The van der Waals surface area contributed by atoms with Gasteiger partial charge in [-0.1, -0.05) is 20.3 Å². The van der Waals surface area contributed by atoms with Crippen LogP contribution in [0.3, 0.4) is 0 Å². The highest BCUT2D eigenvalue weighted by molar-refractivity contribution is 5.94. The Morgan fingerprint density at radius 3 is 1.69 bits per heavy atom. The standard InChI is InChI=1S/C15H28N4O7/c1-4-7(2)11(16)14(24)19-10(6-21)13(23)18-9(5-20)12(22)17-8(3)15(25)26/h7-11,20-21H,4-6,16H2,1-3H3,(H,17,22)(H,18,23)(H,19,24)(H,25,26). The molecule has 0 aliphatic carbocycles. The van der Waals surface area contributed by atoms with Gasteiger partial charge < -0.3 is 37.0 Å². The molecular weight excluding hydrogens is 348 g/mol. The fourth-order valence-corrected chi connectivity index (χ4v) is 1.82.